The van der Waals surface area contributed by atoms with Crippen LogP contribution in [0.2, 0.25) is 0 Å². The van der Waals surface area contributed by atoms with Crippen molar-refractivity contribution in [1.29, 1.82) is 0 Å². The Morgan fingerprint density at radius 3 is 2.53 bits per heavy atom. The van der Waals surface area contributed by atoms with Gasteiger partial charge in [0.2, 0.25) is 6.41 Å². The van der Waals surface area contributed by atoms with Gasteiger partial charge in [0.05, 0.1) is 6.10 Å². The Bertz CT molecular complexity index is 333. The summed E-state index contributed by atoms with van der Waals surface area (Å²) >= 11 is 0. The minimum absolute atomic E-state index is 0.597. The topological polar surface area (TPSA) is 38.3 Å². The molecule has 3 nitrogen and oxygen atoms in total. The zero-order chi connectivity index (χ0) is 12.5. The molecule has 0 saturated heterocycles. The third-order valence-corrected chi connectivity index (χ3v) is 2.88. The number of hydrogen-bond donors (Lipinski definition) is 1. The van der Waals surface area contributed by atoms with Crippen LogP contribution in [-0.2, 0) is 9.53 Å². The number of aryl methyl sites for hydroxylation is 1. The second kappa shape index (κ2) is 7.85. The van der Waals surface area contributed by atoms with Crippen LogP contribution in [0.3, 0.4) is 0 Å². The van der Waals surface area contributed by atoms with Crippen LogP contribution in [0.4, 0.5) is 5.69 Å². The second-order valence-electron chi connectivity index (χ2n) is 4.27. The first-order chi connectivity index (χ1) is 8.26. The van der Waals surface area contributed by atoms with Crippen LogP contribution in [0.1, 0.15) is 31.2 Å². The van der Waals surface area contributed by atoms with Crippen molar-refractivity contribution in [2.24, 2.45) is 0 Å². The van der Waals surface area contributed by atoms with Gasteiger partial charge in [0.25, 0.3) is 0 Å². The number of amides is 1. The zero-order valence-electron chi connectivity index (χ0n) is 10.6. The smallest absolute Gasteiger partial charge is 0.211 e. The lowest BCUT2D eigenvalue weighted by Gasteiger charge is -2.02. The molecule has 1 N–H and O–H groups in total. The van der Waals surface area contributed by atoms with Crippen LogP contribution in [0.5, 0.6) is 0 Å². The molecule has 0 aromatic heterocycles. The van der Waals surface area contributed by atoms with Crippen molar-refractivity contribution in [3.63, 3.8) is 0 Å². The third-order valence-electron chi connectivity index (χ3n) is 2.88. The lowest BCUT2D eigenvalue weighted by atomic mass is 10.2. The molecular weight excluding hydrogens is 214 g/mol. The van der Waals surface area contributed by atoms with Crippen molar-refractivity contribution < 1.29 is 9.53 Å². The number of rotatable bonds is 3. The maximum Gasteiger partial charge on any atom is 0.211 e. The summed E-state index contributed by atoms with van der Waals surface area (Å²) in [6.45, 7) is 1.98. The van der Waals surface area contributed by atoms with Gasteiger partial charge in [-0.1, -0.05) is 25.0 Å². The highest BCUT2D eigenvalue weighted by Crippen LogP contribution is 2.19. The molecule has 0 spiro atoms. The van der Waals surface area contributed by atoms with Gasteiger partial charge < -0.3 is 10.1 Å². The average molecular weight is 235 g/mol. The summed E-state index contributed by atoms with van der Waals surface area (Å²) in [5, 5.41) is 2.57. The molecule has 1 aromatic rings. The zero-order valence-corrected chi connectivity index (χ0v) is 10.6. The maximum absolute atomic E-state index is 9.97. The summed E-state index contributed by atoms with van der Waals surface area (Å²) in [5.41, 5.74) is 1.99. The summed E-state index contributed by atoms with van der Waals surface area (Å²) in [6.07, 6.45) is 6.60. The Labute approximate surface area is 103 Å². The van der Waals surface area contributed by atoms with Gasteiger partial charge >= 0.3 is 0 Å². The van der Waals surface area contributed by atoms with Gasteiger partial charge in [-0.2, -0.15) is 0 Å². The van der Waals surface area contributed by atoms with E-state index >= 15 is 0 Å². The minimum atomic E-state index is 0.597. The van der Waals surface area contributed by atoms with Gasteiger partial charge in [-0.05, 0) is 37.5 Å². The summed E-state index contributed by atoms with van der Waals surface area (Å²) in [7, 11) is 1.80. The van der Waals surface area contributed by atoms with Crippen molar-refractivity contribution in [3.8, 4) is 0 Å². The molecule has 94 valence electrons. The molecule has 1 saturated carbocycles. The molecule has 0 bridgehead atoms. The molecule has 1 aliphatic rings. The molecule has 1 aromatic carbocycles. The number of methoxy groups -OCH3 is 1. The normalized spacial score (nSPS) is 14.9. The first-order valence-electron chi connectivity index (χ1n) is 6.06. The number of hydrogen-bond acceptors (Lipinski definition) is 2. The van der Waals surface area contributed by atoms with Gasteiger partial charge in [-0.3, -0.25) is 4.79 Å². The van der Waals surface area contributed by atoms with Crippen molar-refractivity contribution in [2.75, 3.05) is 12.4 Å². The van der Waals surface area contributed by atoms with Crippen LogP contribution < -0.4 is 5.32 Å². The van der Waals surface area contributed by atoms with Crippen molar-refractivity contribution >= 4 is 12.1 Å². The Morgan fingerprint density at radius 2 is 2.06 bits per heavy atom. The third kappa shape index (κ3) is 5.50. The molecular formula is C14H21NO2. The molecule has 0 atom stereocenters. The van der Waals surface area contributed by atoms with Gasteiger partial charge in [0, 0.05) is 12.8 Å². The Kier molecular flexibility index (Phi) is 6.33. The van der Waals surface area contributed by atoms with E-state index in [1.54, 1.807) is 7.11 Å². The lowest BCUT2D eigenvalue weighted by Crippen LogP contribution is -2.01. The van der Waals surface area contributed by atoms with E-state index in [0.29, 0.717) is 12.5 Å². The fourth-order valence-corrected chi connectivity index (χ4v) is 1.93. The number of nitrogens with one attached hydrogen (secondary N) is 1. The molecule has 17 heavy (non-hydrogen) atoms. The number of carbonyl (C=O) groups is 1. The lowest BCUT2D eigenvalue weighted by molar-refractivity contribution is -0.105. The van der Waals surface area contributed by atoms with Crippen LogP contribution in [0.25, 0.3) is 0 Å². The standard InChI is InChI=1S/C8H9NO.C6H12O/c1-7-3-2-4-8(5-7)9-6-10;1-7-6-4-2-3-5-6/h2-6H,1H3,(H,9,10);6H,2-5H2,1H3. The Morgan fingerprint density at radius 1 is 1.35 bits per heavy atom. The average Bonchev–Trinajstić information content (AvgIpc) is 2.83. The minimum Gasteiger partial charge on any atom is -0.381 e. The number of benzene rings is 1. The summed E-state index contributed by atoms with van der Waals surface area (Å²) in [5.74, 6) is 0. The summed E-state index contributed by atoms with van der Waals surface area (Å²) in [4.78, 5) is 9.97. The van der Waals surface area contributed by atoms with Gasteiger partial charge in [0.1, 0.15) is 0 Å². The predicted octanol–water partition coefficient (Wildman–Crippen LogP) is 3.14. The van der Waals surface area contributed by atoms with Gasteiger partial charge in [0.15, 0.2) is 0 Å². The monoisotopic (exact) mass is 235 g/mol. The molecule has 1 fully saturated rings. The van der Waals surface area contributed by atoms with Crippen LogP contribution >= 0.6 is 0 Å². The fourth-order valence-electron chi connectivity index (χ4n) is 1.93. The first-order valence-corrected chi connectivity index (χ1v) is 6.06. The fraction of sp³-hybridized carbons (Fsp3) is 0.500. The highest BCUT2D eigenvalue weighted by Gasteiger charge is 2.12. The van der Waals surface area contributed by atoms with Crippen LogP contribution in [0, 0.1) is 6.92 Å². The van der Waals surface area contributed by atoms with Gasteiger partial charge in [-0.25, -0.2) is 0 Å². The maximum atomic E-state index is 9.97. The predicted molar refractivity (Wildman–Crippen MR) is 70.1 cm³/mol. The molecule has 3 heteroatoms. The summed E-state index contributed by atoms with van der Waals surface area (Å²) in [6, 6.07) is 7.65. The molecule has 2 rings (SSSR count). The van der Waals surface area contributed by atoms with Crippen LogP contribution in [-0.4, -0.2) is 19.6 Å². The Hall–Kier alpha value is -1.35. The van der Waals surface area contributed by atoms with E-state index < -0.39 is 0 Å². The number of ether oxygens (including phenoxy) is 1. The van der Waals surface area contributed by atoms with Crippen molar-refractivity contribution in [1.82, 2.24) is 0 Å². The number of anilines is 1. The molecule has 1 aliphatic carbocycles. The molecule has 0 radical (unpaired) electrons. The van der Waals surface area contributed by atoms with E-state index in [1.165, 1.54) is 25.7 Å². The van der Waals surface area contributed by atoms with E-state index in [9.17, 15) is 4.79 Å². The van der Waals surface area contributed by atoms with E-state index in [0.717, 1.165) is 11.3 Å². The molecule has 0 unspecified atom stereocenters. The first kappa shape index (κ1) is 13.7. The summed E-state index contributed by atoms with van der Waals surface area (Å²) < 4.78 is 5.11. The van der Waals surface area contributed by atoms with Gasteiger partial charge in [-0.15, -0.1) is 0 Å². The quantitative estimate of drug-likeness (QED) is 0.817. The Balaban J connectivity index is 0.000000181. The second-order valence-corrected chi connectivity index (χ2v) is 4.27. The molecule has 0 aliphatic heterocycles. The van der Waals surface area contributed by atoms with E-state index in [-0.39, 0.29) is 0 Å². The number of carbonyl (C=O) groups excluding carboxylic acids is 1. The highest BCUT2D eigenvalue weighted by atomic mass is 16.5. The SMILES string of the molecule is COC1CCCC1.Cc1cccc(NC=O)c1. The molecule has 1 amide bonds. The van der Waals surface area contributed by atoms with E-state index in [2.05, 4.69) is 5.32 Å². The van der Waals surface area contributed by atoms with Crippen LogP contribution in [0.15, 0.2) is 24.3 Å². The van der Waals surface area contributed by atoms with Crippen molar-refractivity contribution in [3.05, 3.63) is 29.8 Å². The van der Waals surface area contributed by atoms with E-state index in [4.69, 9.17) is 4.74 Å². The molecule has 0 heterocycles. The van der Waals surface area contributed by atoms with E-state index in [1.807, 2.05) is 31.2 Å². The largest absolute Gasteiger partial charge is 0.381 e. The highest BCUT2D eigenvalue weighted by molar-refractivity contribution is 5.71. The van der Waals surface area contributed by atoms with Crippen molar-refractivity contribution in [2.45, 2.75) is 38.7 Å².